The highest BCUT2D eigenvalue weighted by molar-refractivity contribution is 6.04. The first-order valence-corrected chi connectivity index (χ1v) is 9.43. The van der Waals surface area contributed by atoms with Gasteiger partial charge in [-0.2, -0.15) is 15.3 Å². The van der Waals surface area contributed by atoms with Crippen molar-refractivity contribution in [3.8, 4) is 0 Å². The minimum absolute atomic E-state index is 0.107. The Morgan fingerprint density at radius 1 is 1.10 bits per heavy atom. The van der Waals surface area contributed by atoms with E-state index in [4.69, 9.17) is 0 Å². The quantitative estimate of drug-likeness (QED) is 0.397. The Hall–Kier alpha value is -4.07. The fourth-order valence-electron chi connectivity index (χ4n) is 3.30. The zero-order chi connectivity index (χ0) is 21.1. The number of benzene rings is 2. The highest BCUT2D eigenvalue weighted by Gasteiger charge is 2.14. The van der Waals surface area contributed by atoms with Gasteiger partial charge in [-0.05, 0) is 25.5 Å². The Balaban J connectivity index is 1.53. The average Bonchev–Trinajstić information content (AvgIpc) is 3.02. The van der Waals surface area contributed by atoms with Crippen LogP contribution in [0, 0.1) is 13.8 Å². The van der Waals surface area contributed by atoms with E-state index in [1.165, 1.54) is 0 Å². The summed E-state index contributed by atoms with van der Waals surface area (Å²) in [4.78, 5) is 24.4. The number of nitrogens with one attached hydrogen (secondary N) is 2. The second-order valence-electron chi connectivity index (χ2n) is 6.87. The van der Waals surface area contributed by atoms with Gasteiger partial charge >= 0.3 is 0 Å². The van der Waals surface area contributed by atoms with Crippen molar-refractivity contribution in [3.63, 3.8) is 0 Å². The number of rotatable bonds is 5. The molecule has 4 rings (SSSR count). The number of nitrogens with zero attached hydrogens (tertiary/aromatic N) is 4. The number of aromatic amines is 1. The minimum Gasteiger partial charge on any atom is -0.267 e. The summed E-state index contributed by atoms with van der Waals surface area (Å²) < 4.78 is 1.91. The molecule has 30 heavy (non-hydrogen) atoms. The standard InChI is InChI=1S/C22H20N6O2/c1-14-19(15(2)28(27-14)13-16-8-4-3-5-9-16)12-23-25-22(30)20-17-10-6-7-11-18(17)21(29)26-24-20/h3-12H,13H2,1-2H3,(H,25,30)(H,26,29)/b23-12-. The van der Waals surface area contributed by atoms with Crippen LogP contribution in [0.15, 0.2) is 64.5 Å². The molecule has 2 heterocycles. The van der Waals surface area contributed by atoms with E-state index in [9.17, 15) is 9.59 Å². The van der Waals surface area contributed by atoms with E-state index in [0.29, 0.717) is 17.3 Å². The maximum Gasteiger partial charge on any atom is 0.292 e. The van der Waals surface area contributed by atoms with E-state index in [0.717, 1.165) is 22.5 Å². The average molecular weight is 400 g/mol. The predicted octanol–water partition coefficient (Wildman–Crippen LogP) is 2.55. The molecule has 0 unspecified atom stereocenters. The third kappa shape index (κ3) is 3.75. The summed E-state index contributed by atoms with van der Waals surface area (Å²) in [5, 5.41) is 15.7. The molecule has 150 valence electrons. The van der Waals surface area contributed by atoms with Gasteiger partial charge in [-0.1, -0.05) is 48.5 Å². The summed E-state index contributed by atoms with van der Waals surface area (Å²) >= 11 is 0. The summed E-state index contributed by atoms with van der Waals surface area (Å²) in [6.45, 7) is 4.51. The van der Waals surface area contributed by atoms with Crippen LogP contribution in [0.3, 0.4) is 0 Å². The first kappa shape index (κ1) is 19.3. The molecule has 2 aromatic heterocycles. The van der Waals surface area contributed by atoms with Crippen LogP contribution in [0.25, 0.3) is 10.8 Å². The van der Waals surface area contributed by atoms with Crippen molar-refractivity contribution >= 4 is 22.9 Å². The number of hydrazone groups is 1. The molecule has 0 bridgehead atoms. The molecule has 0 aliphatic carbocycles. The Bertz CT molecular complexity index is 1300. The van der Waals surface area contributed by atoms with E-state index in [2.05, 4.69) is 25.8 Å². The first-order chi connectivity index (χ1) is 14.5. The van der Waals surface area contributed by atoms with Gasteiger partial charge in [-0.15, -0.1) is 0 Å². The number of amides is 1. The molecule has 2 aromatic carbocycles. The molecule has 0 saturated carbocycles. The lowest BCUT2D eigenvalue weighted by atomic mass is 10.1. The number of aromatic nitrogens is 4. The lowest BCUT2D eigenvalue weighted by Crippen LogP contribution is -2.22. The fourth-order valence-corrected chi connectivity index (χ4v) is 3.30. The maximum atomic E-state index is 12.5. The minimum atomic E-state index is -0.509. The van der Waals surface area contributed by atoms with E-state index in [1.54, 1.807) is 30.5 Å². The van der Waals surface area contributed by atoms with Crippen LogP contribution < -0.4 is 11.0 Å². The molecular formula is C22H20N6O2. The van der Waals surface area contributed by atoms with Crippen LogP contribution in [0.2, 0.25) is 0 Å². The van der Waals surface area contributed by atoms with Crippen molar-refractivity contribution in [3.05, 3.63) is 93.2 Å². The highest BCUT2D eigenvalue weighted by Crippen LogP contribution is 2.14. The predicted molar refractivity (Wildman–Crippen MR) is 115 cm³/mol. The molecule has 0 fully saturated rings. The van der Waals surface area contributed by atoms with E-state index < -0.39 is 5.91 Å². The number of H-pyrrole nitrogens is 1. The lowest BCUT2D eigenvalue weighted by Gasteiger charge is -2.04. The van der Waals surface area contributed by atoms with Crippen LogP contribution in [0.5, 0.6) is 0 Å². The number of aryl methyl sites for hydroxylation is 1. The molecule has 1 amide bonds. The van der Waals surface area contributed by atoms with Crippen molar-refractivity contribution in [2.75, 3.05) is 0 Å². The van der Waals surface area contributed by atoms with E-state index in [1.807, 2.05) is 48.9 Å². The topological polar surface area (TPSA) is 105 Å². The van der Waals surface area contributed by atoms with E-state index >= 15 is 0 Å². The fraction of sp³-hybridized carbons (Fsp3) is 0.136. The molecule has 8 nitrogen and oxygen atoms in total. The normalized spacial score (nSPS) is 11.3. The summed E-state index contributed by atoms with van der Waals surface area (Å²) in [7, 11) is 0. The Morgan fingerprint density at radius 3 is 2.57 bits per heavy atom. The first-order valence-electron chi connectivity index (χ1n) is 9.43. The van der Waals surface area contributed by atoms with Crippen LogP contribution in [-0.4, -0.2) is 32.1 Å². The van der Waals surface area contributed by atoms with Crippen molar-refractivity contribution in [1.29, 1.82) is 0 Å². The van der Waals surface area contributed by atoms with Crippen LogP contribution in [-0.2, 0) is 6.54 Å². The maximum absolute atomic E-state index is 12.5. The van der Waals surface area contributed by atoms with Gasteiger partial charge in [0.05, 0.1) is 23.8 Å². The summed E-state index contributed by atoms with van der Waals surface area (Å²) in [5.41, 5.74) is 5.99. The van der Waals surface area contributed by atoms with Crippen LogP contribution in [0.4, 0.5) is 0 Å². The summed E-state index contributed by atoms with van der Waals surface area (Å²) in [6.07, 6.45) is 1.57. The molecule has 0 atom stereocenters. The van der Waals surface area contributed by atoms with Gasteiger partial charge in [0.1, 0.15) is 0 Å². The number of carbonyl (C=O) groups excluding carboxylic acids is 1. The van der Waals surface area contributed by atoms with Gasteiger partial charge in [0.15, 0.2) is 5.69 Å². The second kappa shape index (κ2) is 8.12. The molecule has 0 saturated heterocycles. The van der Waals surface area contributed by atoms with E-state index in [-0.39, 0.29) is 11.3 Å². The summed E-state index contributed by atoms with van der Waals surface area (Å²) in [5.74, 6) is -0.509. The van der Waals surface area contributed by atoms with Crippen molar-refractivity contribution < 1.29 is 4.79 Å². The van der Waals surface area contributed by atoms with Crippen LogP contribution >= 0.6 is 0 Å². The number of carbonyl (C=O) groups is 1. The number of hydrogen-bond acceptors (Lipinski definition) is 5. The molecular weight excluding hydrogens is 380 g/mol. The second-order valence-corrected chi connectivity index (χ2v) is 6.87. The van der Waals surface area contributed by atoms with Gasteiger partial charge in [-0.25, -0.2) is 10.5 Å². The Morgan fingerprint density at radius 2 is 1.80 bits per heavy atom. The van der Waals surface area contributed by atoms with Crippen LogP contribution in [0.1, 0.15) is 33.0 Å². The molecule has 2 N–H and O–H groups in total. The molecule has 0 aliphatic rings. The molecule has 8 heteroatoms. The number of hydrogen-bond donors (Lipinski definition) is 2. The lowest BCUT2D eigenvalue weighted by molar-refractivity contribution is 0.0951. The van der Waals surface area contributed by atoms with Crippen molar-refractivity contribution in [1.82, 2.24) is 25.4 Å². The molecule has 0 aliphatic heterocycles. The van der Waals surface area contributed by atoms with Crippen molar-refractivity contribution in [2.24, 2.45) is 5.10 Å². The zero-order valence-electron chi connectivity index (χ0n) is 16.6. The molecule has 0 spiro atoms. The zero-order valence-corrected chi connectivity index (χ0v) is 16.6. The third-order valence-corrected chi connectivity index (χ3v) is 4.88. The molecule has 4 aromatic rings. The van der Waals surface area contributed by atoms with Gasteiger partial charge in [-0.3, -0.25) is 14.3 Å². The largest absolute Gasteiger partial charge is 0.292 e. The Kier molecular flexibility index (Phi) is 5.21. The summed E-state index contributed by atoms with van der Waals surface area (Å²) in [6, 6.07) is 16.9. The highest BCUT2D eigenvalue weighted by atomic mass is 16.2. The number of fused-ring (bicyclic) bond motifs is 1. The Labute approximate surface area is 172 Å². The van der Waals surface area contributed by atoms with Gasteiger partial charge in [0.2, 0.25) is 0 Å². The smallest absolute Gasteiger partial charge is 0.267 e. The molecule has 0 radical (unpaired) electrons. The SMILES string of the molecule is Cc1nn(Cc2ccccc2)c(C)c1/C=N\NC(=O)c1n[nH]c(=O)c2ccccc12. The van der Waals surface area contributed by atoms with Gasteiger partial charge in [0.25, 0.3) is 11.5 Å². The van der Waals surface area contributed by atoms with Crippen molar-refractivity contribution in [2.45, 2.75) is 20.4 Å². The third-order valence-electron chi connectivity index (χ3n) is 4.88. The van der Waals surface area contributed by atoms with Gasteiger partial charge < -0.3 is 0 Å². The monoisotopic (exact) mass is 400 g/mol. The van der Waals surface area contributed by atoms with Gasteiger partial charge in [0, 0.05) is 16.6 Å².